The maximum Gasteiger partial charge on any atom is 0.471 e. The fourth-order valence-electron chi connectivity index (χ4n) is 2.23. The molecule has 1 saturated heterocycles. The highest BCUT2D eigenvalue weighted by Gasteiger charge is 2.38. The number of alkyl halides is 3. The van der Waals surface area contributed by atoms with Crippen molar-refractivity contribution in [2.24, 2.45) is 0 Å². The van der Waals surface area contributed by atoms with Gasteiger partial charge in [-0.15, -0.1) is 0 Å². The monoisotopic (exact) mass is 299 g/mol. The third-order valence-electron chi connectivity index (χ3n) is 3.27. The van der Waals surface area contributed by atoms with Gasteiger partial charge in [0.15, 0.2) is 0 Å². The van der Waals surface area contributed by atoms with Crippen molar-refractivity contribution in [3.63, 3.8) is 0 Å². The van der Waals surface area contributed by atoms with Crippen LogP contribution < -0.4 is 5.32 Å². The molecular weight excluding hydrogens is 287 g/mol. The summed E-state index contributed by atoms with van der Waals surface area (Å²) in [6.45, 7) is 1.74. The molecule has 0 unspecified atom stereocenters. The number of piperidine rings is 1. The molecule has 3 rings (SSSR count). The van der Waals surface area contributed by atoms with Crippen LogP contribution in [0.1, 0.15) is 30.3 Å². The summed E-state index contributed by atoms with van der Waals surface area (Å²) in [5.41, 5.74) is 0.899. The van der Waals surface area contributed by atoms with Gasteiger partial charge < -0.3 is 9.84 Å². The van der Waals surface area contributed by atoms with Crippen LogP contribution in [-0.4, -0.2) is 33.2 Å². The van der Waals surface area contributed by atoms with E-state index in [9.17, 15) is 13.2 Å². The van der Waals surface area contributed by atoms with Gasteiger partial charge >= 0.3 is 12.1 Å². The molecule has 2 aromatic heterocycles. The Morgan fingerprint density at radius 1 is 1.24 bits per heavy atom. The van der Waals surface area contributed by atoms with Gasteiger partial charge in [0, 0.05) is 18.7 Å². The lowest BCUT2D eigenvalue weighted by Crippen LogP contribution is -2.28. The van der Waals surface area contributed by atoms with E-state index in [1.807, 2.05) is 0 Å². The second-order valence-corrected chi connectivity index (χ2v) is 4.79. The first-order chi connectivity index (χ1) is 10.0. The number of aromatic nitrogens is 4. The van der Waals surface area contributed by atoms with Crippen molar-refractivity contribution >= 4 is 0 Å². The van der Waals surface area contributed by atoms with Gasteiger partial charge in [-0.2, -0.15) is 18.2 Å². The Morgan fingerprint density at radius 3 is 2.76 bits per heavy atom. The number of hydrogen-bond acceptors (Lipinski definition) is 6. The molecule has 1 atom stereocenters. The minimum atomic E-state index is -4.66. The standard InChI is InChI=1S/C12H12F3N5O/c13-12(14,15)11-19-10(20-21-11)9-6-17-5-8(18-9)7-2-1-3-16-4-7/h5-7,16H,1-4H2/t7-/m1/s1. The van der Waals surface area contributed by atoms with Crippen molar-refractivity contribution in [1.82, 2.24) is 25.4 Å². The van der Waals surface area contributed by atoms with Crippen LogP contribution in [0.4, 0.5) is 13.2 Å². The highest BCUT2D eigenvalue weighted by molar-refractivity contribution is 5.46. The smallest absolute Gasteiger partial charge is 0.329 e. The predicted octanol–water partition coefficient (Wildman–Crippen LogP) is 2.01. The Hall–Kier alpha value is -2.03. The number of nitrogens with one attached hydrogen (secondary N) is 1. The van der Waals surface area contributed by atoms with Gasteiger partial charge in [0.1, 0.15) is 5.69 Å². The maximum absolute atomic E-state index is 12.4. The summed E-state index contributed by atoms with van der Waals surface area (Å²) in [6.07, 6.45) is 0.266. The summed E-state index contributed by atoms with van der Waals surface area (Å²) in [5.74, 6) is -1.40. The van der Waals surface area contributed by atoms with Crippen LogP contribution in [0.5, 0.6) is 0 Å². The van der Waals surface area contributed by atoms with E-state index in [4.69, 9.17) is 0 Å². The number of hydrogen-bond donors (Lipinski definition) is 1. The number of halogens is 3. The topological polar surface area (TPSA) is 76.7 Å². The highest BCUT2D eigenvalue weighted by atomic mass is 19.4. The molecule has 0 spiro atoms. The van der Waals surface area contributed by atoms with Gasteiger partial charge in [0.25, 0.3) is 0 Å². The summed E-state index contributed by atoms with van der Waals surface area (Å²) < 4.78 is 41.5. The van der Waals surface area contributed by atoms with Crippen LogP contribution >= 0.6 is 0 Å². The van der Waals surface area contributed by atoms with Crippen molar-refractivity contribution in [2.75, 3.05) is 13.1 Å². The van der Waals surface area contributed by atoms with Crippen molar-refractivity contribution in [1.29, 1.82) is 0 Å². The van der Waals surface area contributed by atoms with Gasteiger partial charge in [-0.25, -0.2) is 4.98 Å². The quantitative estimate of drug-likeness (QED) is 0.914. The lowest BCUT2D eigenvalue weighted by Gasteiger charge is -2.21. The molecular formula is C12H12F3N5O. The molecule has 112 valence electrons. The Morgan fingerprint density at radius 2 is 2.10 bits per heavy atom. The molecule has 1 aliphatic rings. The zero-order valence-corrected chi connectivity index (χ0v) is 10.9. The lowest BCUT2D eigenvalue weighted by atomic mass is 9.96. The molecule has 0 aliphatic carbocycles. The van der Waals surface area contributed by atoms with Crippen molar-refractivity contribution in [2.45, 2.75) is 24.9 Å². The molecule has 1 aliphatic heterocycles. The Bertz CT molecular complexity index is 621. The molecule has 3 heterocycles. The van der Waals surface area contributed by atoms with Crippen LogP contribution in [0.3, 0.4) is 0 Å². The van der Waals surface area contributed by atoms with Crippen molar-refractivity contribution in [3.05, 3.63) is 24.0 Å². The SMILES string of the molecule is FC(F)(F)c1nc(-c2cncc([C@@H]3CCCNC3)n2)no1. The zero-order valence-electron chi connectivity index (χ0n) is 10.9. The van der Waals surface area contributed by atoms with E-state index >= 15 is 0 Å². The highest BCUT2D eigenvalue weighted by Crippen LogP contribution is 2.29. The summed E-state index contributed by atoms with van der Waals surface area (Å²) in [5, 5.41) is 6.57. The first-order valence-corrected chi connectivity index (χ1v) is 6.48. The summed E-state index contributed by atoms with van der Waals surface area (Å²) in [4.78, 5) is 11.6. The Labute approximate surface area is 117 Å². The van der Waals surface area contributed by atoms with Crippen LogP contribution in [0.15, 0.2) is 16.9 Å². The molecule has 0 aromatic carbocycles. The minimum absolute atomic E-state index is 0.178. The minimum Gasteiger partial charge on any atom is -0.329 e. The molecule has 1 fully saturated rings. The predicted molar refractivity (Wildman–Crippen MR) is 65.2 cm³/mol. The molecule has 9 heteroatoms. The first-order valence-electron chi connectivity index (χ1n) is 6.48. The van der Waals surface area contributed by atoms with Crippen LogP contribution in [-0.2, 0) is 6.18 Å². The van der Waals surface area contributed by atoms with E-state index in [-0.39, 0.29) is 17.4 Å². The van der Waals surface area contributed by atoms with E-state index in [0.717, 1.165) is 31.6 Å². The first kappa shape index (κ1) is 13.9. The molecule has 1 N–H and O–H groups in total. The third kappa shape index (κ3) is 3.02. The van der Waals surface area contributed by atoms with Gasteiger partial charge in [-0.3, -0.25) is 4.98 Å². The number of nitrogens with zero attached hydrogens (tertiary/aromatic N) is 4. The largest absolute Gasteiger partial charge is 0.471 e. The van der Waals surface area contributed by atoms with Crippen LogP contribution in [0.25, 0.3) is 11.5 Å². The second kappa shape index (κ2) is 5.40. The molecule has 0 amide bonds. The average Bonchev–Trinajstić information content (AvgIpc) is 2.98. The van der Waals surface area contributed by atoms with Gasteiger partial charge in [0.2, 0.25) is 5.82 Å². The molecule has 21 heavy (non-hydrogen) atoms. The third-order valence-corrected chi connectivity index (χ3v) is 3.27. The fourth-order valence-corrected chi connectivity index (χ4v) is 2.23. The van der Waals surface area contributed by atoms with Gasteiger partial charge in [-0.05, 0) is 19.4 Å². The van der Waals surface area contributed by atoms with Crippen molar-refractivity contribution in [3.8, 4) is 11.5 Å². The fraction of sp³-hybridized carbons (Fsp3) is 0.500. The summed E-state index contributed by atoms with van der Waals surface area (Å²) >= 11 is 0. The second-order valence-electron chi connectivity index (χ2n) is 4.79. The maximum atomic E-state index is 12.4. The Kier molecular flexibility index (Phi) is 3.58. The van der Waals surface area contributed by atoms with Crippen LogP contribution in [0.2, 0.25) is 0 Å². The van der Waals surface area contributed by atoms with Gasteiger partial charge in [0.05, 0.1) is 11.9 Å². The molecule has 0 saturated carbocycles. The van der Waals surface area contributed by atoms with E-state index < -0.39 is 12.1 Å². The Balaban J connectivity index is 1.87. The normalized spacial score (nSPS) is 19.7. The zero-order chi connectivity index (χ0) is 14.9. The lowest BCUT2D eigenvalue weighted by molar-refractivity contribution is -0.159. The van der Waals surface area contributed by atoms with E-state index in [2.05, 4.69) is 29.9 Å². The number of rotatable bonds is 2. The van der Waals surface area contributed by atoms with Gasteiger partial charge in [-0.1, -0.05) is 5.16 Å². The van der Waals surface area contributed by atoms with Crippen LogP contribution in [0, 0.1) is 0 Å². The molecule has 0 radical (unpaired) electrons. The summed E-state index contributed by atoms with van der Waals surface area (Å²) in [7, 11) is 0. The molecule has 6 nitrogen and oxygen atoms in total. The summed E-state index contributed by atoms with van der Waals surface area (Å²) in [6, 6.07) is 0. The molecule has 2 aromatic rings. The average molecular weight is 299 g/mol. The van der Waals surface area contributed by atoms with E-state index in [1.54, 1.807) is 6.20 Å². The van der Waals surface area contributed by atoms with Crippen molar-refractivity contribution < 1.29 is 17.7 Å². The van der Waals surface area contributed by atoms with E-state index in [1.165, 1.54) is 6.20 Å². The van der Waals surface area contributed by atoms with E-state index in [0.29, 0.717) is 0 Å². The molecule has 0 bridgehead atoms.